The van der Waals surface area contributed by atoms with Crippen LogP contribution in [0.5, 0.6) is 0 Å². The van der Waals surface area contributed by atoms with Gasteiger partial charge in [-0.15, -0.1) is 10.2 Å². The number of halogens is 1. The number of carbonyl (C=O) groups is 1. The van der Waals surface area contributed by atoms with Gasteiger partial charge in [0.05, 0.1) is 10.9 Å². The van der Waals surface area contributed by atoms with Crippen molar-refractivity contribution >= 4 is 23.4 Å². The van der Waals surface area contributed by atoms with Gasteiger partial charge in [-0.1, -0.05) is 41.6 Å². The second-order valence-corrected chi connectivity index (χ2v) is 8.71. The first kappa shape index (κ1) is 21.7. The Morgan fingerprint density at radius 3 is 2.62 bits per heavy atom. The van der Waals surface area contributed by atoms with Gasteiger partial charge in [0.1, 0.15) is 11.5 Å². The molecular formula is C24H22FN5OS. The molecule has 0 spiro atoms. The van der Waals surface area contributed by atoms with Crippen molar-refractivity contribution in [2.75, 3.05) is 5.32 Å². The quantitative estimate of drug-likeness (QED) is 0.411. The van der Waals surface area contributed by atoms with E-state index in [-0.39, 0.29) is 5.91 Å². The van der Waals surface area contributed by atoms with Crippen LogP contribution in [0.3, 0.4) is 0 Å². The van der Waals surface area contributed by atoms with E-state index in [1.807, 2.05) is 48.7 Å². The van der Waals surface area contributed by atoms with Crippen molar-refractivity contribution in [1.82, 2.24) is 19.7 Å². The number of pyridine rings is 1. The molecule has 1 unspecified atom stereocenters. The average Bonchev–Trinajstić information content (AvgIpc) is 3.17. The fraction of sp³-hybridized carbons (Fsp3) is 0.167. The molecule has 0 saturated heterocycles. The van der Waals surface area contributed by atoms with Gasteiger partial charge in [-0.3, -0.25) is 14.3 Å². The summed E-state index contributed by atoms with van der Waals surface area (Å²) in [5, 5.41) is 11.6. The molecule has 8 heteroatoms. The molecule has 0 saturated carbocycles. The van der Waals surface area contributed by atoms with Crippen molar-refractivity contribution in [2.45, 2.75) is 31.2 Å². The Labute approximate surface area is 189 Å². The first-order valence-electron chi connectivity index (χ1n) is 10.1. The number of hydrogen-bond donors (Lipinski definition) is 1. The minimum atomic E-state index is -0.497. The second kappa shape index (κ2) is 9.32. The summed E-state index contributed by atoms with van der Waals surface area (Å²) >= 11 is 1.28. The third-order valence-corrected chi connectivity index (χ3v) is 5.91. The molecule has 2 aromatic heterocycles. The third-order valence-electron chi connectivity index (χ3n) is 4.86. The molecular weight excluding hydrogens is 425 g/mol. The molecule has 162 valence electrons. The number of nitrogens with one attached hydrogen (secondary N) is 1. The van der Waals surface area contributed by atoms with Gasteiger partial charge < -0.3 is 5.32 Å². The monoisotopic (exact) mass is 447 g/mol. The molecule has 2 heterocycles. The Hall–Kier alpha value is -3.52. The second-order valence-electron chi connectivity index (χ2n) is 7.41. The highest BCUT2D eigenvalue weighted by Crippen LogP contribution is 2.31. The number of carbonyl (C=O) groups excluding carboxylic acids is 1. The first-order valence-corrected chi connectivity index (χ1v) is 11.0. The summed E-state index contributed by atoms with van der Waals surface area (Å²) < 4.78 is 15.4. The lowest BCUT2D eigenvalue weighted by Gasteiger charge is -2.15. The van der Waals surface area contributed by atoms with Crippen LogP contribution in [-0.2, 0) is 4.79 Å². The fourth-order valence-corrected chi connectivity index (χ4v) is 4.16. The van der Waals surface area contributed by atoms with E-state index in [0.717, 1.165) is 16.8 Å². The predicted molar refractivity (Wildman–Crippen MR) is 124 cm³/mol. The van der Waals surface area contributed by atoms with Crippen LogP contribution < -0.4 is 5.32 Å². The van der Waals surface area contributed by atoms with Crippen molar-refractivity contribution < 1.29 is 9.18 Å². The van der Waals surface area contributed by atoms with E-state index in [1.54, 1.807) is 25.3 Å². The summed E-state index contributed by atoms with van der Waals surface area (Å²) in [5.74, 6) is -0.0642. The molecule has 0 aliphatic carbocycles. The molecule has 1 N–H and O–H groups in total. The molecule has 4 aromatic rings. The number of rotatable bonds is 6. The number of aromatic nitrogens is 4. The van der Waals surface area contributed by atoms with Crippen molar-refractivity contribution in [3.05, 3.63) is 83.8 Å². The fourth-order valence-electron chi connectivity index (χ4n) is 3.30. The van der Waals surface area contributed by atoms with Crippen molar-refractivity contribution in [1.29, 1.82) is 0 Å². The van der Waals surface area contributed by atoms with Gasteiger partial charge in [-0.25, -0.2) is 4.39 Å². The first-order chi connectivity index (χ1) is 15.4. The molecule has 6 nitrogen and oxygen atoms in total. The Bertz CT molecular complexity index is 1260. The van der Waals surface area contributed by atoms with E-state index < -0.39 is 11.1 Å². The Morgan fingerprint density at radius 1 is 1.06 bits per heavy atom. The highest BCUT2D eigenvalue weighted by atomic mass is 32.2. The Kier molecular flexibility index (Phi) is 6.32. The highest BCUT2D eigenvalue weighted by molar-refractivity contribution is 8.00. The lowest BCUT2D eigenvalue weighted by molar-refractivity contribution is -0.115. The molecule has 0 radical (unpaired) electrons. The van der Waals surface area contributed by atoms with E-state index in [2.05, 4.69) is 26.6 Å². The van der Waals surface area contributed by atoms with Crippen molar-refractivity contribution in [3.63, 3.8) is 0 Å². The van der Waals surface area contributed by atoms with Crippen LogP contribution in [-0.4, -0.2) is 30.9 Å². The van der Waals surface area contributed by atoms with Crippen LogP contribution in [0.15, 0.2) is 72.0 Å². The number of hydrogen-bond acceptors (Lipinski definition) is 5. The SMILES string of the molecule is Cc1ccc(-n2c(SC(C)C(=O)Nc3cccc(F)c3)nnc2-c2ccccn2)c(C)c1. The van der Waals surface area contributed by atoms with Gasteiger partial charge >= 0.3 is 0 Å². The summed E-state index contributed by atoms with van der Waals surface area (Å²) in [6.07, 6.45) is 1.71. The maximum Gasteiger partial charge on any atom is 0.237 e. The summed E-state index contributed by atoms with van der Waals surface area (Å²) in [4.78, 5) is 17.2. The molecule has 1 amide bonds. The smallest absolute Gasteiger partial charge is 0.237 e. The number of anilines is 1. The highest BCUT2D eigenvalue weighted by Gasteiger charge is 2.23. The Morgan fingerprint density at radius 2 is 1.91 bits per heavy atom. The van der Waals surface area contributed by atoms with Crippen LogP contribution >= 0.6 is 11.8 Å². The number of amides is 1. The maximum absolute atomic E-state index is 13.5. The van der Waals surface area contributed by atoms with E-state index in [9.17, 15) is 9.18 Å². The standard InChI is InChI=1S/C24H22FN5OS/c1-15-10-11-21(16(2)13-15)30-22(20-9-4-5-12-26-20)28-29-24(30)32-17(3)23(31)27-19-8-6-7-18(25)14-19/h4-14,17H,1-3H3,(H,27,31). The number of benzene rings is 2. The molecule has 2 aromatic carbocycles. The average molecular weight is 448 g/mol. The zero-order chi connectivity index (χ0) is 22.7. The molecule has 0 aliphatic heterocycles. The van der Waals surface area contributed by atoms with Gasteiger partial charge in [0, 0.05) is 11.9 Å². The summed E-state index contributed by atoms with van der Waals surface area (Å²) in [6.45, 7) is 5.84. The lowest BCUT2D eigenvalue weighted by Crippen LogP contribution is -2.23. The molecule has 32 heavy (non-hydrogen) atoms. The van der Waals surface area contributed by atoms with Gasteiger partial charge in [0.25, 0.3) is 0 Å². The number of aryl methyl sites for hydroxylation is 2. The van der Waals surface area contributed by atoms with Crippen LogP contribution in [0, 0.1) is 19.7 Å². The van der Waals surface area contributed by atoms with E-state index in [1.165, 1.54) is 23.9 Å². The van der Waals surface area contributed by atoms with E-state index in [4.69, 9.17) is 0 Å². The summed E-state index contributed by atoms with van der Waals surface area (Å²) in [7, 11) is 0. The van der Waals surface area contributed by atoms with Crippen LogP contribution in [0.2, 0.25) is 0 Å². The van der Waals surface area contributed by atoms with Gasteiger partial charge in [-0.2, -0.15) is 0 Å². The van der Waals surface area contributed by atoms with Crippen LogP contribution in [0.4, 0.5) is 10.1 Å². The zero-order valence-corrected chi connectivity index (χ0v) is 18.7. The molecule has 0 fully saturated rings. The maximum atomic E-state index is 13.5. The van der Waals surface area contributed by atoms with Gasteiger partial charge in [-0.05, 0) is 62.7 Å². The minimum absolute atomic E-state index is 0.254. The molecule has 4 rings (SSSR count). The predicted octanol–water partition coefficient (Wildman–Crippen LogP) is 5.20. The Balaban J connectivity index is 1.68. The van der Waals surface area contributed by atoms with Crippen LogP contribution in [0.25, 0.3) is 17.2 Å². The van der Waals surface area contributed by atoms with E-state index >= 15 is 0 Å². The molecule has 0 bridgehead atoms. The topological polar surface area (TPSA) is 72.7 Å². The van der Waals surface area contributed by atoms with Gasteiger partial charge in [0.15, 0.2) is 11.0 Å². The van der Waals surface area contributed by atoms with Crippen molar-refractivity contribution in [2.24, 2.45) is 0 Å². The summed E-state index contributed by atoms with van der Waals surface area (Å²) in [5.41, 5.74) is 4.22. The summed E-state index contributed by atoms with van der Waals surface area (Å²) in [6, 6.07) is 17.6. The normalized spacial score (nSPS) is 11.9. The molecule has 1 atom stereocenters. The molecule has 0 aliphatic rings. The number of thioether (sulfide) groups is 1. The van der Waals surface area contributed by atoms with Crippen LogP contribution in [0.1, 0.15) is 18.1 Å². The largest absolute Gasteiger partial charge is 0.325 e. The minimum Gasteiger partial charge on any atom is -0.325 e. The van der Waals surface area contributed by atoms with E-state index in [0.29, 0.717) is 22.4 Å². The van der Waals surface area contributed by atoms with Crippen molar-refractivity contribution in [3.8, 4) is 17.2 Å². The zero-order valence-electron chi connectivity index (χ0n) is 17.9. The third kappa shape index (κ3) is 4.70. The van der Waals surface area contributed by atoms with Gasteiger partial charge in [0.2, 0.25) is 5.91 Å². The number of nitrogens with zero attached hydrogens (tertiary/aromatic N) is 4. The lowest BCUT2D eigenvalue weighted by atomic mass is 10.1.